The Morgan fingerprint density at radius 1 is 1.52 bits per heavy atom. The molecule has 2 rings (SSSR count). The first-order valence-electron chi connectivity index (χ1n) is 7.46. The molecule has 0 spiro atoms. The van der Waals surface area contributed by atoms with Gasteiger partial charge in [-0.05, 0) is 45.1 Å². The number of aryl methyl sites for hydroxylation is 2. The highest BCUT2D eigenvalue weighted by Crippen LogP contribution is 2.17. The van der Waals surface area contributed by atoms with E-state index in [4.69, 9.17) is 4.74 Å². The predicted octanol–water partition coefficient (Wildman–Crippen LogP) is 0.793. The van der Waals surface area contributed by atoms with E-state index in [-0.39, 0.29) is 18.1 Å². The molecule has 1 saturated heterocycles. The Labute approximate surface area is 124 Å². The monoisotopic (exact) mass is 293 g/mol. The average molecular weight is 293 g/mol. The van der Waals surface area contributed by atoms with E-state index >= 15 is 0 Å². The summed E-state index contributed by atoms with van der Waals surface area (Å²) in [7, 11) is 0. The highest BCUT2D eigenvalue weighted by Gasteiger charge is 2.15. The van der Waals surface area contributed by atoms with E-state index in [1.165, 1.54) is 4.57 Å². The third-order valence-corrected chi connectivity index (χ3v) is 3.78. The second-order valence-electron chi connectivity index (χ2n) is 5.63. The number of carbonyl (C=O) groups excluding carboxylic acids is 1. The lowest BCUT2D eigenvalue weighted by molar-refractivity contribution is -0.121. The molecule has 1 aliphatic heterocycles. The number of nitrogens with zero attached hydrogens (tertiary/aromatic N) is 2. The number of nitrogens with one attached hydrogen (secondary N) is 1. The lowest BCUT2D eigenvalue weighted by atomic mass is 10.0. The normalized spacial score (nSPS) is 17.9. The summed E-state index contributed by atoms with van der Waals surface area (Å²) in [5, 5.41) is 2.86. The van der Waals surface area contributed by atoms with E-state index in [0.29, 0.717) is 18.2 Å². The molecule has 1 atom stereocenters. The first-order valence-corrected chi connectivity index (χ1v) is 7.46. The van der Waals surface area contributed by atoms with Crippen molar-refractivity contribution in [3.05, 3.63) is 27.9 Å². The molecule has 6 nitrogen and oxygen atoms in total. The maximum absolute atomic E-state index is 11.9. The van der Waals surface area contributed by atoms with Crippen LogP contribution in [0.2, 0.25) is 0 Å². The highest BCUT2D eigenvalue weighted by molar-refractivity contribution is 5.75. The molecule has 0 aliphatic carbocycles. The van der Waals surface area contributed by atoms with Crippen molar-refractivity contribution in [1.82, 2.24) is 14.9 Å². The minimum Gasteiger partial charge on any atom is -0.381 e. The topological polar surface area (TPSA) is 73.2 Å². The largest absolute Gasteiger partial charge is 0.381 e. The standard InChI is InChI=1S/C15H23N3O3/c1-11-8-12(2)18(15(20)17-11)9-14(19)16-6-3-4-13-5-7-21-10-13/h8,13H,3-7,9-10H2,1-2H3,(H,16,19)/t13-/m1/s1. The van der Waals surface area contributed by atoms with Crippen LogP contribution in [-0.4, -0.2) is 35.2 Å². The number of hydrogen-bond donors (Lipinski definition) is 1. The Morgan fingerprint density at radius 2 is 2.33 bits per heavy atom. The molecule has 0 aromatic carbocycles. The molecule has 1 aliphatic rings. The lowest BCUT2D eigenvalue weighted by Crippen LogP contribution is -2.35. The summed E-state index contributed by atoms with van der Waals surface area (Å²) in [6.45, 7) is 5.96. The quantitative estimate of drug-likeness (QED) is 0.787. The number of aromatic nitrogens is 2. The van der Waals surface area contributed by atoms with Crippen molar-refractivity contribution < 1.29 is 9.53 Å². The fourth-order valence-corrected chi connectivity index (χ4v) is 2.60. The van der Waals surface area contributed by atoms with E-state index in [0.717, 1.165) is 38.2 Å². The van der Waals surface area contributed by atoms with Crippen molar-refractivity contribution >= 4 is 5.91 Å². The fourth-order valence-electron chi connectivity index (χ4n) is 2.60. The van der Waals surface area contributed by atoms with Crippen LogP contribution in [0.5, 0.6) is 0 Å². The first-order chi connectivity index (χ1) is 10.1. The van der Waals surface area contributed by atoms with Crippen LogP contribution >= 0.6 is 0 Å². The number of ether oxygens (including phenoxy) is 1. The smallest absolute Gasteiger partial charge is 0.348 e. The van der Waals surface area contributed by atoms with Crippen LogP contribution in [0, 0.1) is 19.8 Å². The minimum absolute atomic E-state index is 0.0322. The van der Waals surface area contributed by atoms with Crippen molar-refractivity contribution in [1.29, 1.82) is 0 Å². The molecule has 6 heteroatoms. The first kappa shape index (κ1) is 15.7. The van der Waals surface area contributed by atoms with Crippen LogP contribution in [0.15, 0.2) is 10.9 Å². The number of rotatable bonds is 6. The third-order valence-electron chi connectivity index (χ3n) is 3.78. The Balaban J connectivity index is 1.75. The van der Waals surface area contributed by atoms with Gasteiger partial charge < -0.3 is 10.1 Å². The Hall–Kier alpha value is -1.69. The minimum atomic E-state index is -0.370. The molecular formula is C15H23N3O3. The summed E-state index contributed by atoms with van der Waals surface area (Å²) < 4.78 is 6.71. The van der Waals surface area contributed by atoms with Gasteiger partial charge in [0.2, 0.25) is 5.91 Å². The van der Waals surface area contributed by atoms with Gasteiger partial charge in [-0.25, -0.2) is 4.79 Å². The van der Waals surface area contributed by atoms with Gasteiger partial charge >= 0.3 is 5.69 Å². The van der Waals surface area contributed by atoms with Gasteiger partial charge in [0, 0.05) is 31.1 Å². The van der Waals surface area contributed by atoms with Crippen LogP contribution in [0.4, 0.5) is 0 Å². The van der Waals surface area contributed by atoms with E-state index in [1.807, 2.05) is 6.92 Å². The molecule has 0 saturated carbocycles. The van der Waals surface area contributed by atoms with Gasteiger partial charge in [-0.1, -0.05) is 0 Å². The molecule has 0 bridgehead atoms. The molecular weight excluding hydrogens is 270 g/mol. The van der Waals surface area contributed by atoms with E-state index in [2.05, 4.69) is 10.3 Å². The van der Waals surface area contributed by atoms with Crippen LogP contribution < -0.4 is 11.0 Å². The molecule has 21 heavy (non-hydrogen) atoms. The zero-order valence-electron chi connectivity index (χ0n) is 12.7. The van der Waals surface area contributed by atoms with Crippen LogP contribution in [-0.2, 0) is 16.1 Å². The number of hydrogen-bond acceptors (Lipinski definition) is 4. The summed E-state index contributed by atoms with van der Waals surface area (Å²) in [6.07, 6.45) is 3.14. The molecule has 2 heterocycles. The second kappa shape index (κ2) is 7.36. The molecule has 1 N–H and O–H groups in total. The summed E-state index contributed by atoms with van der Waals surface area (Å²) in [4.78, 5) is 27.5. The third kappa shape index (κ3) is 4.67. The molecule has 1 aromatic rings. The van der Waals surface area contributed by atoms with Crippen molar-refractivity contribution in [3.8, 4) is 0 Å². The lowest BCUT2D eigenvalue weighted by Gasteiger charge is -2.11. The van der Waals surface area contributed by atoms with E-state index < -0.39 is 0 Å². The molecule has 116 valence electrons. The van der Waals surface area contributed by atoms with Gasteiger partial charge in [0.15, 0.2) is 0 Å². The van der Waals surface area contributed by atoms with Crippen LogP contribution in [0.1, 0.15) is 30.7 Å². The SMILES string of the molecule is Cc1cc(C)n(CC(=O)NCCC[C@@H]2CCOC2)c(=O)n1. The Morgan fingerprint density at radius 3 is 3.00 bits per heavy atom. The van der Waals surface area contributed by atoms with Gasteiger partial charge in [-0.3, -0.25) is 9.36 Å². The second-order valence-corrected chi connectivity index (χ2v) is 5.63. The van der Waals surface area contributed by atoms with Gasteiger partial charge in [-0.2, -0.15) is 4.98 Å². The Kier molecular flexibility index (Phi) is 5.50. The maximum atomic E-state index is 11.9. The van der Waals surface area contributed by atoms with Crippen molar-refractivity contribution in [3.63, 3.8) is 0 Å². The van der Waals surface area contributed by atoms with Crippen LogP contribution in [0.25, 0.3) is 0 Å². The highest BCUT2D eigenvalue weighted by atomic mass is 16.5. The van der Waals surface area contributed by atoms with Crippen molar-refractivity contribution in [2.24, 2.45) is 5.92 Å². The predicted molar refractivity (Wildman–Crippen MR) is 79.1 cm³/mol. The van der Waals surface area contributed by atoms with Gasteiger partial charge in [0.1, 0.15) is 6.54 Å². The summed E-state index contributed by atoms with van der Waals surface area (Å²) in [5.41, 5.74) is 1.06. The summed E-state index contributed by atoms with van der Waals surface area (Å²) >= 11 is 0. The zero-order valence-corrected chi connectivity index (χ0v) is 12.7. The summed E-state index contributed by atoms with van der Waals surface area (Å²) in [5.74, 6) is 0.488. The van der Waals surface area contributed by atoms with E-state index in [1.54, 1.807) is 13.0 Å². The number of amides is 1. The molecule has 0 radical (unpaired) electrons. The van der Waals surface area contributed by atoms with Gasteiger partial charge in [-0.15, -0.1) is 0 Å². The summed E-state index contributed by atoms with van der Waals surface area (Å²) in [6, 6.07) is 1.80. The van der Waals surface area contributed by atoms with Gasteiger partial charge in [0.05, 0.1) is 0 Å². The van der Waals surface area contributed by atoms with Gasteiger partial charge in [0.25, 0.3) is 0 Å². The molecule has 1 fully saturated rings. The molecule has 1 amide bonds. The maximum Gasteiger partial charge on any atom is 0.348 e. The fraction of sp³-hybridized carbons (Fsp3) is 0.667. The van der Waals surface area contributed by atoms with Crippen LogP contribution in [0.3, 0.4) is 0 Å². The average Bonchev–Trinajstić information content (AvgIpc) is 2.92. The van der Waals surface area contributed by atoms with E-state index in [9.17, 15) is 9.59 Å². The van der Waals surface area contributed by atoms with Crippen molar-refractivity contribution in [2.45, 2.75) is 39.7 Å². The Bertz CT molecular complexity index is 548. The molecule has 1 aromatic heterocycles. The molecule has 0 unspecified atom stereocenters. The zero-order chi connectivity index (χ0) is 15.2. The van der Waals surface area contributed by atoms with Crippen molar-refractivity contribution in [2.75, 3.05) is 19.8 Å². The number of carbonyl (C=O) groups is 1.